The Morgan fingerprint density at radius 3 is 2.36 bits per heavy atom. The smallest absolute Gasteiger partial charge is 0.324 e. The van der Waals surface area contributed by atoms with Gasteiger partial charge >= 0.3 is 17.9 Å². The van der Waals surface area contributed by atoms with Gasteiger partial charge in [0.15, 0.2) is 0 Å². The lowest BCUT2D eigenvalue weighted by Crippen LogP contribution is -2.47. The van der Waals surface area contributed by atoms with Crippen LogP contribution in [-0.2, 0) is 23.9 Å². The number of rotatable bonds is 14. The van der Waals surface area contributed by atoms with E-state index >= 15 is 0 Å². The maximum absolute atomic E-state index is 12.4. The zero-order valence-corrected chi connectivity index (χ0v) is 15.5. The van der Waals surface area contributed by atoms with Crippen molar-refractivity contribution in [1.29, 1.82) is 0 Å². The Morgan fingerprint density at radius 1 is 1.16 bits per heavy atom. The van der Waals surface area contributed by atoms with Crippen LogP contribution in [0.25, 0.3) is 0 Å². The van der Waals surface area contributed by atoms with Gasteiger partial charge in [-0.15, -0.1) is 0 Å². The van der Waals surface area contributed by atoms with Gasteiger partial charge in [-0.1, -0.05) is 13.3 Å². The van der Waals surface area contributed by atoms with Crippen molar-refractivity contribution >= 4 is 17.9 Å². The second kappa shape index (κ2) is 13.6. The largest absolute Gasteiger partial charge is 0.481 e. The number of carbonyl (C=O) groups is 3. The van der Waals surface area contributed by atoms with E-state index in [9.17, 15) is 14.4 Å². The average Bonchev–Trinajstić information content (AvgIpc) is 2.55. The van der Waals surface area contributed by atoms with Crippen LogP contribution < -0.4 is 5.73 Å². The van der Waals surface area contributed by atoms with Crippen LogP contribution in [0.3, 0.4) is 0 Å². The van der Waals surface area contributed by atoms with Crippen molar-refractivity contribution in [3.63, 3.8) is 0 Å². The second-order valence-electron chi connectivity index (χ2n) is 5.89. The monoisotopic (exact) mass is 360 g/mol. The Hall–Kier alpha value is -1.67. The molecule has 8 heteroatoms. The minimum absolute atomic E-state index is 0.149. The first kappa shape index (κ1) is 23.3. The molecule has 0 aromatic heterocycles. The van der Waals surface area contributed by atoms with Crippen molar-refractivity contribution in [2.45, 2.75) is 65.0 Å². The number of carboxylic acid groups (broad SMARTS) is 1. The summed E-state index contributed by atoms with van der Waals surface area (Å²) in [5.41, 5.74) is 5.47. The highest BCUT2D eigenvalue weighted by Crippen LogP contribution is 2.12. The number of hydrogen-bond donors (Lipinski definition) is 2. The molecular weight excluding hydrogens is 328 g/mol. The fourth-order valence-electron chi connectivity index (χ4n) is 2.24. The summed E-state index contributed by atoms with van der Waals surface area (Å²) in [6.07, 6.45) is 2.24. The third-order valence-electron chi connectivity index (χ3n) is 3.76. The van der Waals surface area contributed by atoms with E-state index in [0.717, 1.165) is 12.8 Å². The Kier molecular flexibility index (Phi) is 12.7. The molecule has 0 radical (unpaired) electrons. The topological polar surface area (TPSA) is 119 Å². The number of esters is 2. The number of nitrogens with two attached hydrogens (primary N) is 1. The Labute approximate surface area is 149 Å². The van der Waals surface area contributed by atoms with Gasteiger partial charge in [0.2, 0.25) is 0 Å². The first-order chi connectivity index (χ1) is 11.8. The van der Waals surface area contributed by atoms with Gasteiger partial charge in [0.05, 0.1) is 25.7 Å². The number of ether oxygens (including phenoxy) is 2. The molecule has 146 valence electrons. The van der Waals surface area contributed by atoms with Gasteiger partial charge in [0, 0.05) is 0 Å². The number of aliphatic carboxylic acids is 1. The Morgan fingerprint density at radius 2 is 1.84 bits per heavy atom. The highest BCUT2D eigenvalue weighted by atomic mass is 16.5. The summed E-state index contributed by atoms with van der Waals surface area (Å²) in [5.74, 6) is -2.24. The molecule has 0 rings (SSSR count). The van der Waals surface area contributed by atoms with E-state index in [4.69, 9.17) is 20.3 Å². The molecule has 2 unspecified atom stereocenters. The third-order valence-corrected chi connectivity index (χ3v) is 3.76. The molecule has 0 saturated heterocycles. The molecule has 0 fully saturated rings. The van der Waals surface area contributed by atoms with Crippen molar-refractivity contribution in [2.75, 3.05) is 26.2 Å². The molecular formula is C17H32N2O6. The molecule has 0 bridgehead atoms. The standard InChI is InChI=1S/C17H32N2O6/c1-4-13(3)25-17(23)14(11-15(20)21)19(10-8-6-7-9-18)12-16(22)24-5-2/h13-14H,4-12,18H2,1-3H3,(H,20,21). The van der Waals surface area contributed by atoms with Gasteiger partial charge in [-0.25, -0.2) is 0 Å². The summed E-state index contributed by atoms with van der Waals surface area (Å²) < 4.78 is 10.2. The Balaban J connectivity index is 5.14. The number of carbonyl (C=O) groups excluding carboxylic acids is 2. The van der Waals surface area contributed by atoms with Crippen LogP contribution in [-0.4, -0.2) is 66.3 Å². The maximum Gasteiger partial charge on any atom is 0.324 e. The van der Waals surface area contributed by atoms with E-state index in [1.165, 1.54) is 4.90 Å². The number of nitrogens with zero attached hydrogens (tertiary/aromatic N) is 1. The molecule has 2 atom stereocenters. The molecule has 0 aliphatic rings. The van der Waals surface area contributed by atoms with Crippen LogP contribution in [0.1, 0.15) is 52.9 Å². The normalized spacial score (nSPS) is 13.3. The molecule has 25 heavy (non-hydrogen) atoms. The first-order valence-corrected chi connectivity index (χ1v) is 8.87. The molecule has 0 aromatic rings. The zero-order valence-electron chi connectivity index (χ0n) is 15.5. The van der Waals surface area contributed by atoms with Crippen molar-refractivity contribution in [2.24, 2.45) is 5.73 Å². The molecule has 0 aromatic carbocycles. The van der Waals surface area contributed by atoms with E-state index in [-0.39, 0.29) is 19.3 Å². The lowest BCUT2D eigenvalue weighted by molar-refractivity contribution is -0.160. The number of carboxylic acids is 1. The van der Waals surface area contributed by atoms with Gasteiger partial charge in [-0.2, -0.15) is 0 Å². The summed E-state index contributed by atoms with van der Waals surface area (Å²) in [6, 6.07) is -1.02. The molecule has 0 amide bonds. The SMILES string of the molecule is CCOC(=O)CN(CCCCCN)C(CC(=O)O)C(=O)OC(C)CC. The van der Waals surface area contributed by atoms with Crippen molar-refractivity contribution in [3.05, 3.63) is 0 Å². The lowest BCUT2D eigenvalue weighted by atomic mass is 10.1. The molecule has 8 nitrogen and oxygen atoms in total. The summed E-state index contributed by atoms with van der Waals surface area (Å²) in [7, 11) is 0. The molecule has 0 heterocycles. The van der Waals surface area contributed by atoms with Crippen LogP contribution in [0, 0.1) is 0 Å². The van der Waals surface area contributed by atoms with Gasteiger partial charge in [0.1, 0.15) is 6.04 Å². The van der Waals surface area contributed by atoms with Crippen molar-refractivity contribution in [1.82, 2.24) is 4.90 Å². The van der Waals surface area contributed by atoms with Crippen molar-refractivity contribution < 1.29 is 29.0 Å². The highest BCUT2D eigenvalue weighted by molar-refractivity contribution is 5.83. The Bertz CT molecular complexity index is 416. The van der Waals surface area contributed by atoms with Crippen LogP contribution in [0.5, 0.6) is 0 Å². The fraction of sp³-hybridized carbons (Fsp3) is 0.824. The quantitative estimate of drug-likeness (QED) is 0.350. The van der Waals surface area contributed by atoms with E-state index in [1.54, 1.807) is 13.8 Å². The fourth-order valence-corrected chi connectivity index (χ4v) is 2.24. The first-order valence-electron chi connectivity index (χ1n) is 8.87. The van der Waals surface area contributed by atoms with E-state index < -0.39 is 30.4 Å². The van der Waals surface area contributed by atoms with Crippen LogP contribution in [0.4, 0.5) is 0 Å². The van der Waals surface area contributed by atoms with Crippen molar-refractivity contribution in [3.8, 4) is 0 Å². The molecule has 0 aliphatic heterocycles. The predicted octanol–water partition coefficient (Wildman–Crippen LogP) is 1.17. The minimum atomic E-state index is -1.12. The van der Waals surface area contributed by atoms with Gasteiger partial charge in [-0.05, 0) is 46.2 Å². The van der Waals surface area contributed by atoms with Gasteiger partial charge < -0.3 is 20.3 Å². The molecule has 0 spiro atoms. The lowest BCUT2D eigenvalue weighted by Gasteiger charge is -2.29. The number of hydrogen-bond acceptors (Lipinski definition) is 7. The summed E-state index contributed by atoms with van der Waals surface area (Å²) >= 11 is 0. The van der Waals surface area contributed by atoms with Gasteiger partial charge in [0.25, 0.3) is 0 Å². The van der Waals surface area contributed by atoms with Gasteiger partial charge in [-0.3, -0.25) is 19.3 Å². The third kappa shape index (κ3) is 10.7. The van der Waals surface area contributed by atoms with E-state index in [2.05, 4.69) is 0 Å². The van der Waals surface area contributed by atoms with Crippen LogP contribution >= 0.6 is 0 Å². The second-order valence-corrected chi connectivity index (χ2v) is 5.89. The summed E-state index contributed by atoms with van der Waals surface area (Å²) in [5, 5.41) is 9.15. The van der Waals surface area contributed by atoms with Crippen LogP contribution in [0.2, 0.25) is 0 Å². The zero-order chi connectivity index (χ0) is 19.2. The molecule has 3 N–H and O–H groups in total. The maximum atomic E-state index is 12.4. The minimum Gasteiger partial charge on any atom is -0.481 e. The summed E-state index contributed by atoms with van der Waals surface area (Å²) in [4.78, 5) is 37.0. The summed E-state index contributed by atoms with van der Waals surface area (Å²) in [6.45, 7) is 6.33. The van der Waals surface area contributed by atoms with E-state index in [0.29, 0.717) is 25.9 Å². The molecule has 0 saturated carbocycles. The number of unbranched alkanes of at least 4 members (excludes halogenated alkanes) is 2. The predicted molar refractivity (Wildman–Crippen MR) is 93.0 cm³/mol. The van der Waals surface area contributed by atoms with E-state index in [1.807, 2.05) is 6.92 Å². The molecule has 0 aliphatic carbocycles. The average molecular weight is 360 g/mol. The van der Waals surface area contributed by atoms with Crippen LogP contribution in [0.15, 0.2) is 0 Å². The highest BCUT2D eigenvalue weighted by Gasteiger charge is 2.32.